The van der Waals surface area contributed by atoms with E-state index >= 15 is 0 Å². The molecule has 10 heavy (non-hydrogen) atoms. The van der Waals surface area contributed by atoms with E-state index in [0.717, 1.165) is 12.3 Å². The second kappa shape index (κ2) is 2.09. The van der Waals surface area contributed by atoms with Gasteiger partial charge in [0, 0.05) is 12.3 Å². The molecule has 0 aliphatic carbocycles. The first-order valence-electron chi connectivity index (χ1n) is 2.34. The molecular weight excluding hydrogens is 159 g/mol. The predicted molar refractivity (Wildman–Crippen MR) is 32.5 cm³/mol. The lowest BCUT2D eigenvalue weighted by Gasteiger charge is -2.00. The SMILES string of the molecule is O=c1cc[nH]n1P(=O)(O)O. The van der Waals surface area contributed by atoms with Gasteiger partial charge in [0.2, 0.25) is 0 Å². The minimum Gasteiger partial charge on any atom is -0.307 e. The lowest BCUT2D eigenvalue weighted by Crippen LogP contribution is -2.13. The first-order valence-corrected chi connectivity index (χ1v) is 3.91. The maximum atomic E-state index is 10.5. The molecule has 1 rings (SSSR count). The largest absolute Gasteiger partial charge is 0.451 e. The molecular formula is C3H5N2O4P. The average Bonchev–Trinajstić information content (AvgIpc) is 2.11. The van der Waals surface area contributed by atoms with Gasteiger partial charge in [-0.25, -0.2) is 4.57 Å². The highest BCUT2D eigenvalue weighted by Gasteiger charge is 2.17. The Labute approximate surface area is 55.3 Å². The summed E-state index contributed by atoms with van der Waals surface area (Å²) in [6.45, 7) is 0. The Hall–Kier alpha value is -0.840. The van der Waals surface area contributed by atoms with Crippen LogP contribution in [0.25, 0.3) is 0 Å². The summed E-state index contributed by atoms with van der Waals surface area (Å²) in [6, 6.07) is 1.03. The van der Waals surface area contributed by atoms with Crippen molar-refractivity contribution in [1.29, 1.82) is 0 Å². The van der Waals surface area contributed by atoms with E-state index in [1.54, 1.807) is 0 Å². The summed E-state index contributed by atoms with van der Waals surface area (Å²) in [5.41, 5.74) is -0.742. The van der Waals surface area contributed by atoms with E-state index in [-0.39, 0.29) is 4.45 Å². The van der Waals surface area contributed by atoms with Gasteiger partial charge in [0.25, 0.3) is 5.56 Å². The number of hydrogen-bond acceptors (Lipinski definition) is 2. The zero-order valence-corrected chi connectivity index (χ0v) is 5.65. The number of aromatic amines is 1. The highest BCUT2D eigenvalue weighted by atomic mass is 31.2. The molecule has 0 radical (unpaired) electrons. The Morgan fingerprint density at radius 1 is 1.60 bits per heavy atom. The Morgan fingerprint density at radius 3 is 2.40 bits per heavy atom. The molecule has 0 amide bonds. The van der Waals surface area contributed by atoms with Gasteiger partial charge in [-0.3, -0.25) is 9.89 Å². The van der Waals surface area contributed by atoms with Gasteiger partial charge in [-0.15, -0.1) is 0 Å². The monoisotopic (exact) mass is 164 g/mol. The Balaban J connectivity index is 3.32. The summed E-state index contributed by atoms with van der Waals surface area (Å²) in [5.74, 6) is 0. The summed E-state index contributed by atoms with van der Waals surface area (Å²) < 4.78 is 10.6. The van der Waals surface area contributed by atoms with Crippen molar-refractivity contribution in [3.63, 3.8) is 0 Å². The summed E-state index contributed by atoms with van der Waals surface area (Å²) in [4.78, 5) is 27.3. The highest BCUT2D eigenvalue weighted by molar-refractivity contribution is 7.49. The van der Waals surface area contributed by atoms with Crippen molar-refractivity contribution in [3.05, 3.63) is 22.6 Å². The van der Waals surface area contributed by atoms with Crippen LogP contribution in [0.5, 0.6) is 0 Å². The summed E-state index contributed by atoms with van der Waals surface area (Å²) in [7, 11) is -4.46. The fourth-order valence-electron chi connectivity index (χ4n) is 0.517. The number of aromatic nitrogens is 2. The van der Waals surface area contributed by atoms with Gasteiger partial charge in [-0.2, -0.15) is 4.45 Å². The van der Waals surface area contributed by atoms with E-state index in [1.807, 2.05) is 0 Å². The van der Waals surface area contributed by atoms with Crippen LogP contribution in [-0.2, 0) is 4.57 Å². The maximum Gasteiger partial charge on any atom is 0.451 e. The molecule has 0 aromatic carbocycles. The summed E-state index contributed by atoms with van der Waals surface area (Å²) in [5, 5.41) is 2.09. The zero-order chi connectivity index (χ0) is 7.78. The van der Waals surface area contributed by atoms with Gasteiger partial charge in [0.05, 0.1) is 0 Å². The molecule has 0 unspecified atom stereocenters. The van der Waals surface area contributed by atoms with Crippen LogP contribution in [-0.4, -0.2) is 19.3 Å². The average molecular weight is 164 g/mol. The Morgan fingerprint density at radius 2 is 2.20 bits per heavy atom. The van der Waals surface area contributed by atoms with Gasteiger partial charge in [0.15, 0.2) is 0 Å². The van der Waals surface area contributed by atoms with Crippen molar-refractivity contribution in [1.82, 2.24) is 9.55 Å². The van der Waals surface area contributed by atoms with Crippen molar-refractivity contribution in [3.8, 4) is 0 Å². The number of nitrogens with one attached hydrogen (secondary N) is 1. The van der Waals surface area contributed by atoms with Crippen LogP contribution < -0.4 is 5.56 Å². The molecule has 0 bridgehead atoms. The molecule has 0 aliphatic rings. The van der Waals surface area contributed by atoms with Gasteiger partial charge in [-0.05, 0) is 0 Å². The molecule has 1 heterocycles. The van der Waals surface area contributed by atoms with Crippen molar-refractivity contribution >= 4 is 7.75 Å². The summed E-state index contributed by atoms with van der Waals surface area (Å²) in [6.07, 6.45) is 1.15. The molecule has 1 aromatic rings. The van der Waals surface area contributed by atoms with Crippen molar-refractivity contribution in [2.45, 2.75) is 0 Å². The number of H-pyrrole nitrogens is 1. The molecule has 7 heteroatoms. The second-order valence-electron chi connectivity index (χ2n) is 1.63. The number of nitrogens with zero attached hydrogens (tertiary/aromatic N) is 1. The predicted octanol–water partition coefficient (Wildman–Crippen LogP) is -0.883. The molecule has 0 saturated heterocycles. The molecule has 3 N–H and O–H groups in total. The van der Waals surface area contributed by atoms with Gasteiger partial charge < -0.3 is 9.79 Å². The van der Waals surface area contributed by atoms with E-state index in [9.17, 15) is 9.36 Å². The maximum absolute atomic E-state index is 10.5. The number of hydrogen-bond donors (Lipinski definition) is 3. The molecule has 0 spiro atoms. The fourth-order valence-corrected chi connectivity index (χ4v) is 1.06. The Bertz CT molecular complexity index is 319. The van der Waals surface area contributed by atoms with Crippen molar-refractivity contribution in [2.24, 2.45) is 0 Å². The second-order valence-corrected chi connectivity index (χ2v) is 3.05. The van der Waals surface area contributed by atoms with E-state index in [4.69, 9.17) is 9.79 Å². The minimum atomic E-state index is -4.46. The van der Waals surface area contributed by atoms with Crippen LogP contribution in [0.15, 0.2) is 17.1 Å². The van der Waals surface area contributed by atoms with E-state index in [0.29, 0.717) is 0 Å². The molecule has 0 aliphatic heterocycles. The molecule has 56 valence electrons. The third kappa shape index (κ3) is 1.18. The quantitative estimate of drug-likeness (QED) is 0.469. The Kier molecular flexibility index (Phi) is 1.52. The van der Waals surface area contributed by atoms with Gasteiger partial charge in [-0.1, -0.05) is 0 Å². The lowest BCUT2D eigenvalue weighted by molar-refractivity contribution is 0.353. The van der Waals surface area contributed by atoms with Crippen LogP contribution in [0, 0.1) is 0 Å². The third-order valence-electron chi connectivity index (χ3n) is 0.892. The van der Waals surface area contributed by atoms with Crippen LogP contribution in [0.2, 0.25) is 0 Å². The first-order chi connectivity index (χ1) is 4.52. The van der Waals surface area contributed by atoms with E-state index < -0.39 is 13.3 Å². The standard InChI is InChI=1S/C3H5N2O4P/c6-3-1-2-4-5(3)10(7,8)9/h1-2,4H,(H2,7,8,9). The zero-order valence-electron chi connectivity index (χ0n) is 4.76. The van der Waals surface area contributed by atoms with Crippen molar-refractivity contribution in [2.75, 3.05) is 0 Å². The lowest BCUT2D eigenvalue weighted by atomic mass is 10.7. The molecule has 1 aromatic heterocycles. The highest BCUT2D eigenvalue weighted by Crippen LogP contribution is 2.32. The molecule has 6 nitrogen and oxygen atoms in total. The number of rotatable bonds is 1. The van der Waals surface area contributed by atoms with E-state index in [2.05, 4.69) is 5.10 Å². The van der Waals surface area contributed by atoms with Crippen LogP contribution in [0.3, 0.4) is 0 Å². The van der Waals surface area contributed by atoms with Gasteiger partial charge in [0.1, 0.15) is 0 Å². The summed E-state index contributed by atoms with van der Waals surface area (Å²) >= 11 is 0. The minimum absolute atomic E-state index is 0.257. The molecule has 0 fully saturated rings. The topological polar surface area (TPSA) is 95.3 Å². The first kappa shape index (κ1) is 7.27. The van der Waals surface area contributed by atoms with E-state index in [1.165, 1.54) is 0 Å². The third-order valence-corrected chi connectivity index (χ3v) is 1.73. The van der Waals surface area contributed by atoms with Crippen LogP contribution in [0.1, 0.15) is 0 Å². The van der Waals surface area contributed by atoms with Crippen molar-refractivity contribution < 1.29 is 14.4 Å². The molecule has 0 saturated carbocycles. The molecule has 0 atom stereocenters. The smallest absolute Gasteiger partial charge is 0.307 e. The normalized spacial score (nSPS) is 11.8. The van der Waals surface area contributed by atoms with Crippen LogP contribution >= 0.6 is 7.75 Å². The van der Waals surface area contributed by atoms with Gasteiger partial charge >= 0.3 is 7.75 Å². The fraction of sp³-hybridized carbons (Fsp3) is 0. The van der Waals surface area contributed by atoms with Crippen LogP contribution in [0.4, 0.5) is 0 Å².